The number of hydrogen-bond acceptors (Lipinski definition) is 4. The normalized spacial score (nSPS) is 16.5. The van der Waals surface area contributed by atoms with Crippen molar-refractivity contribution in [3.05, 3.63) is 23.7 Å². The Morgan fingerprint density at radius 3 is 3.00 bits per heavy atom. The average molecular weight is 237 g/mol. The van der Waals surface area contributed by atoms with E-state index in [1.165, 1.54) is 0 Å². The van der Waals surface area contributed by atoms with Gasteiger partial charge in [0.15, 0.2) is 5.76 Å². The number of hydrogen-bond donors (Lipinski definition) is 2. The zero-order valence-corrected chi connectivity index (χ0v) is 9.44. The van der Waals surface area contributed by atoms with E-state index in [4.69, 9.17) is 10.2 Å². The molecule has 6 nitrogen and oxygen atoms in total. The Balaban J connectivity index is 2.06. The average Bonchev–Trinajstić information content (AvgIpc) is 2.71. The lowest BCUT2D eigenvalue weighted by molar-refractivity contribution is -0.120. The summed E-state index contributed by atoms with van der Waals surface area (Å²) in [6.07, 6.45) is 0.330. The predicted octanol–water partition coefficient (Wildman–Crippen LogP) is -0.300. The summed E-state index contributed by atoms with van der Waals surface area (Å²) >= 11 is 0. The second-order valence-corrected chi connectivity index (χ2v) is 3.86. The van der Waals surface area contributed by atoms with E-state index in [1.807, 2.05) is 0 Å². The van der Waals surface area contributed by atoms with E-state index in [9.17, 15) is 9.59 Å². The fourth-order valence-electron chi connectivity index (χ4n) is 1.73. The highest BCUT2D eigenvalue weighted by molar-refractivity contribution is 5.92. The summed E-state index contributed by atoms with van der Waals surface area (Å²) < 4.78 is 5.29. The standard InChI is InChI=1S/C11H15N3O3/c12-7-8-1-2-9(17-8)11(16)14-5-3-10(15)13-4-6-14/h1-2H,3-7,12H2,(H,13,15). The highest BCUT2D eigenvalue weighted by Crippen LogP contribution is 2.11. The molecule has 2 amide bonds. The van der Waals surface area contributed by atoms with Crippen molar-refractivity contribution in [2.75, 3.05) is 19.6 Å². The van der Waals surface area contributed by atoms with Gasteiger partial charge in [-0.05, 0) is 12.1 Å². The van der Waals surface area contributed by atoms with Crippen LogP contribution in [0, 0.1) is 0 Å². The molecule has 17 heavy (non-hydrogen) atoms. The maximum absolute atomic E-state index is 12.0. The first kappa shape index (κ1) is 11.7. The van der Waals surface area contributed by atoms with Crippen molar-refractivity contribution in [2.45, 2.75) is 13.0 Å². The van der Waals surface area contributed by atoms with Gasteiger partial charge in [0.2, 0.25) is 5.91 Å². The number of furan rings is 1. The van der Waals surface area contributed by atoms with Crippen LogP contribution in [0.4, 0.5) is 0 Å². The number of rotatable bonds is 2. The van der Waals surface area contributed by atoms with E-state index in [2.05, 4.69) is 5.32 Å². The molecular weight excluding hydrogens is 222 g/mol. The van der Waals surface area contributed by atoms with E-state index in [0.717, 1.165) is 0 Å². The van der Waals surface area contributed by atoms with Crippen LogP contribution in [0.15, 0.2) is 16.5 Å². The molecule has 3 N–H and O–H groups in total. The lowest BCUT2D eigenvalue weighted by Gasteiger charge is -2.17. The zero-order valence-electron chi connectivity index (χ0n) is 9.44. The van der Waals surface area contributed by atoms with Gasteiger partial charge in [0.05, 0.1) is 6.54 Å². The van der Waals surface area contributed by atoms with Gasteiger partial charge in [-0.1, -0.05) is 0 Å². The van der Waals surface area contributed by atoms with Gasteiger partial charge in [-0.3, -0.25) is 9.59 Å². The predicted molar refractivity (Wildman–Crippen MR) is 60.1 cm³/mol. The number of carbonyl (C=O) groups excluding carboxylic acids is 2. The van der Waals surface area contributed by atoms with Crippen LogP contribution < -0.4 is 11.1 Å². The van der Waals surface area contributed by atoms with Crippen LogP contribution >= 0.6 is 0 Å². The van der Waals surface area contributed by atoms with Gasteiger partial charge < -0.3 is 20.4 Å². The van der Waals surface area contributed by atoms with E-state index >= 15 is 0 Å². The number of carbonyl (C=O) groups is 2. The highest BCUT2D eigenvalue weighted by Gasteiger charge is 2.21. The minimum Gasteiger partial charge on any atom is -0.455 e. The summed E-state index contributed by atoms with van der Waals surface area (Å²) in [6, 6.07) is 3.30. The van der Waals surface area contributed by atoms with Crippen LogP contribution in [-0.2, 0) is 11.3 Å². The Kier molecular flexibility index (Phi) is 3.43. The summed E-state index contributed by atoms with van der Waals surface area (Å²) in [5.74, 6) is 0.640. The fraction of sp³-hybridized carbons (Fsp3) is 0.455. The molecule has 1 aromatic heterocycles. The van der Waals surface area contributed by atoms with Gasteiger partial charge in [-0.25, -0.2) is 0 Å². The Morgan fingerprint density at radius 2 is 2.29 bits per heavy atom. The molecule has 0 bridgehead atoms. The van der Waals surface area contributed by atoms with Gasteiger partial charge in [0.25, 0.3) is 5.91 Å². The second-order valence-electron chi connectivity index (χ2n) is 3.86. The van der Waals surface area contributed by atoms with Crippen molar-refractivity contribution in [3.63, 3.8) is 0 Å². The summed E-state index contributed by atoms with van der Waals surface area (Å²) in [5.41, 5.74) is 5.41. The third-order valence-electron chi connectivity index (χ3n) is 2.67. The van der Waals surface area contributed by atoms with Crippen LogP contribution in [0.3, 0.4) is 0 Å². The minimum atomic E-state index is -0.193. The van der Waals surface area contributed by atoms with Crippen molar-refractivity contribution in [3.8, 4) is 0 Å². The summed E-state index contributed by atoms with van der Waals surface area (Å²) in [5, 5.41) is 2.71. The maximum atomic E-state index is 12.0. The first-order valence-corrected chi connectivity index (χ1v) is 5.55. The molecule has 0 aromatic carbocycles. The molecule has 1 fully saturated rings. The Bertz CT molecular complexity index is 427. The van der Waals surface area contributed by atoms with Crippen molar-refractivity contribution in [2.24, 2.45) is 5.73 Å². The number of nitrogens with zero attached hydrogens (tertiary/aromatic N) is 1. The smallest absolute Gasteiger partial charge is 0.289 e. The van der Waals surface area contributed by atoms with E-state index < -0.39 is 0 Å². The molecule has 1 aromatic rings. The topological polar surface area (TPSA) is 88.6 Å². The quantitative estimate of drug-likeness (QED) is 0.739. The largest absolute Gasteiger partial charge is 0.455 e. The summed E-state index contributed by atoms with van der Waals surface area (Å²) in [4.78, 5) is 24.8. The first-order valence-electron chi connectivity index (χ1n) is 5.55. The van der Waals surface area contributed by atoms with Crippen LogP contribution in [0.5, 0.6) is 0 Å². The second kappa shape index (κ2) is 5.01. The molecule has 1 aliphatic rings. The van der Waals surface area contributed by atoms with Gasteiger partial charge in [0.1, 0.15) is 5.76 Å². The number of nitrogens with two attached hydrogens (primary N) is 1. The molecule has 6 heteroatoms. The molecule has 2 heterocycles. The molecule has 0 saturated carbocycles. The van der Waals surface area contributed by atoms with Crippen LogP contribution in [-0.4, -0.2) is 36.3 Å². The van der Waals surface area contributed by atoms with Gasteiger partial charge in [-0.2, -0.15) is 0 Å². The van der Waals surface area contributed by atoms with Crippen LogP contribution in [0.25, 0.3) is 0 Å². The lowest BCUT2D eigenvalue weighted by Crippen LogP contribution is -2.34. The monoisotopic (exact) mass is 237 g/mol. The molecule has 0 aliphatic carbocycles. The Labute approximate surface area is 98.7 Å². The number of nitrogens with one attached hydrogen (secondary N) is 1. The fourth-order valence-corrected chi connectivity index (χ4v) is 1.73. The number of amides is 2. The molecule has 0 unspecified atom stereocenters. The van der Waals surface area contributed by atoms with Crippen LogP contribution in [0.1, 0.15) is 22.7 Å². The van der Waals surface area contributed by atoms with E-state index in [-0.39, 0.29) is 24.1 Å². The lowest BCUT2D eigenvalue weighted by atomic mass is 10.3. The zero-order chi connectivity index (χ0) is 12.3. The van der Waals surface area contributed by atoms with Crippen LogP contribution in [0.2, 0.25) is 0 Å². The molecule has 0 spiro atoms. The van der Waals surface area contributed by atoms with E-state index in [0.29, 0.717) is 31.8 Å². The summed E-state index contributed by atoms with van der Waals surface area (Å²) in [7, 11) is 0. The van der Waals surface area contributed by atoms with Gasteiger partial charge >= 0.3 is 0 Å². The molecule has 1 aliphatic heterocycles. The third-order valence-corrected chi connectivity index (χ3v) is 2.67. The van der Waals surface area contributed by atoms with Crippen molar-refractivity contribution >= 4 is 11.8 Å². The molecule has 0 atom stereocenters. The molecule has 1 saturated heterocycles. The maximum Gasteiger partial charge on any atom is 0.289 e. The molecule has 0 radical (unpaired) electrons. The molecule has 2 rings (SSSR count). The van der Waals surface area contributed by atoms with Crippen molar-refractivity contribution in [1.29, 1.82) is 0 Å². The molecule has 92 valence electrons. The van der Waals surface area contributed by atoms with Crippen molar-refractivity contribution in [1.82, 2.24) is 10.2 Å². The SMILES string of the molecule is NCc1ccc(C(=O)N2CCNC(=O)CC2)o1. The third kappa shape index (κ3) is 2.65. The van der Waals surface area contributed by atoms with Crippen molar-refractivity contribution < 1.29 is 14.0 Å². The Morgan fingerprint density at radius 1 is 1.47 bits per heavy atom. The van der Waals surface area contributed by atoms with E-state index in [1.54, 1.807) is 17.0 Å². The van der Waals surface area contributed by atoms with Gasteiger partial charge in [0, 0.05) is 26.1 Å². The first-order chi connectivity index (χ1) is 8.20. The summed E-state index contributed by atoms with van der Waals surface area (Å²) in [6.45, 7) is 1.68. The highest BCUT2D eigenvalue weighted by atomic mass is 16.4. The van der Waals surface area contributed by atoms with Gasteiger partial charge in [-0.15, -0.1) is 0 Å². The minimum absolute atomic E-state index is 0.0256. The molecular formula is C11H15N3O3. The Hall–Kier alpha value is -1.82.